The molecule has 0 saturated heterocycles. The molecule has 1 N–H and O–H groups in total. The van der Waals surface area contributed by atoms with E-state index < -0.39 is 0 Å². The van der Waals surface area contributed by atoms with Crippen LogP contribution in [-0.2, 0) is 9.47 Å². The number of para-hydroxylation sites is 1. The van der Waals surface area contributed by atoms with Gasteiger partial charge in [-0.1, -0.05) is 18.2 Å². The molecule has 138 valence electrons. The van der Waals surface area contributed by atoms with Crippen molar-refractivity contribution < 1.29 is 14.2 Å². The number of ether oxygens (including phenoxy) is 3. The van der Waals surface area contributed by atoms with Crippen molar-refractivity contribution in [2.45, 2.75) is 6.42 Å². The standard InChI is InChI=1S/C19H23N3O3S/c1-22-14-16(25-15-7-4-3-5-8-15)13-17(24-11-6-10-23-2)18(22)21-19-20-9-12-26-19/h3-5,7-9,12-13H,6,10-11,14H2,1-2H3,(H,20,21). The number of anilines is 1. The molecule has 3 rings (SSSR count). The molecule has 2 aromatic rings. The molecule has 26 heavy (non-hydrogen) atoms. The molecule has 6 nitrogen and oxygen atoms in total. The molecule has 0 bridgehead atoms. The zero-order chi connectivity index (χ0) is 18.2. The molecule has 0 amide bonds. The van der Waals surface area contributed by atoms with Crippen molar-refractivity contribution in [2.75, 3.05) is 39.2 Å². The fraction of sp³-hybridized carbons (Fsp3) is 0.316. The van der Waals surface area contributed by atoms with Gasteiger partial charge in [-0.05, 0) is 12.1 Å². The van der Waals surface area contributed by atoms with Crippen molar-refractivity contribution in [3.8, 4) is 5.75 Å². The Balaban J connectivity index is 1.79. The minimum atomic E-state index is 0.565. The maximum Gasteiger partial charge on any atom is 0.188 e. The van der Waals surface area contributed by atoms with Gasteiger partial charge in [-0.2, -0.15) is 0 Å². The summed E-state index contributed by atoms with van der Waals surface area (Å²) in [5, 5.41) is 6.10. The lowest BCUT2D eigenvalue weighted by molar-refractivity contribution is 0.143. The molecule has 0 saturated carbocycles. The third kappa shape index (κ3) is 5.00. The number of hydrogen-bond acceptors (Lipinski definition) is 7. The average Bonchev–Trinajstić information content (AvgIpc) is 3.15. The number of likely N-dealkylation sites (N-methyl/N-ethyl adjacent to an activating group) is 1. The van der Waals surface area contributed by atoms with Crippen molar-refractivity contribution in [3.63, 3.8) is 0 Å². The van der Waals surface area contributed by atoms with Gasteiger partial charge in [-0.25, -0.2) is 4.98 Å². The topological polar surface area (TPSA) is 55.9 Å². The highest BCUT2D eigenvalue weighted by atomic mass is 32.1. The van der Waals surface area contributed by atoms with Gasteiger partial charge in [0.15, 0.2) is 16.7 Å². The van der Waals surface area contributed by atoms with Crippen molar-refractivity contribution in [1.29, 1.82) is 0 Å². The van der Waals surface area contributed by atoms with Gasteiger partial charge < -0.3 is 24.4 Å². The Kier molecular flexibility index (Phi) is 6.51. The van der Waals surface area contributed by atoms with Crippen LogP contribution < -0.4 is 10.1 Å². The Morgan fingerprint density at radius 1 is 1.23 bits per heavy atom. The SMILES string of the molecule is COCCCOC1=C(Nc2nccs2)N(C)CC(Oc2ccccc2)=C1. The normalized spacial score (nSPS) is 14.2. The zero-order valence-electron chi connectivity index (χ0n) is 15.0. The first kappa shape index (κ1) is 18.3. The van der Waals surface area contributed by atoms with E-state index in [-0.39, 0.29) is 0 Å². The Morgan fingerprint density at radius 3 is 2.81 bits per heavy atom. The second-order valence-electron chi connectivity index (χ2n) is 5.75. The van der Waals surface area contributed by atoms with E-state index in [9.17, 15) is 0 Å². The first-order chi connectivity index (χ1) is 12.8. The van der Waals surface area contributed by atoms with Gasteiger partial charge in [-0.15, -0.1) is 11.3 Å². The van der Waals surface area contributed by atoms with Gasteiger partial charge in [0.2, 0.25) is 0 Å². The number of methoxy groups -OCH3 is 1. The number of nitrogens with zero attached hydrogens (tertiary/aromatic N) is 2. The molecule has 1 aliphatic rings. The highest BCUT2D eigenvalue weighted by Crippen LogP contribution is 2.25. The number of hydrogen-bond donors (Lipinski definition) is 1. The number of aromatic nitrogens is 1. The third-order valence-corrected chi connectivity index (χ3v) is 4.39. The number of benzene rings is 1. The van der Waals surface area contributed by atoms with Crippen LogP contribution in [0.3, 0.4) is 0 Å². The molecule has 1 aromatic carbocycles. The van der Waals surface area contributed by atoms with E-state index in [2.05, 4.69) is 15.2 Å². The second-order valence-corrected chi connectivity index (χ2v) is 6.65. The molecule has 1 aromatic heterocycles. The largest absolute Gasteiger partial charge is 0.490 e. The number of rotatable bonds is 9. The Bertz CT molecular complexity index is 745. The molecule has 0 atom stereocenters. The molecule has 2 heterocycles. The van der Waals surface area contributed by atoms with E-state index in [1.54, 1.807) is 24.6 Å². The van der Waals surface area contributed by atoms with Gasteiger partial charge >= 0.3 is 0 Å². The van der Waals surface area contributed by atoms with E-state index in [0.717, 1.165) is 34.6 Å². The Labute approximate surface area is 157 Å². The van der Waals surface area contributed by atoms with Crippen LogP contribution in [0.5, 0.6) is 5.75 Å². The molecule has 7 heteroatoms. The van der Waals surface area contributed by atoms with Gasteiger partial charge in [0.1, 0.15) is 11.5 Å². The Morgan fingerprint density at radius 2 is 2.08 bits per heavy atom. The van der Waals surface area contributed by atoms with Gasteiger partial charge in [0.25, 0.3) is 0 Å². The summed E-state index contributed by atoms with van der Waals surface area (Å²) in [6.45, 7) is 1.86. The third-order valence-electron chi connectivity index (χ3n) is 3.70. The molecule has 1 aliphatic heterocycles. The fourth-order valence-corrected chi connectivity index (χ4v) is 3.03. The lowest BCUT2D eigenvalue weighted by Gasteiger charge is -2.29. The second kappa shape index (κ2) is 9.26. The van der Waals surface area contributed by atoms with Crippen molar-refractivity contribution in [3.05, 3.63) is 65.3 Å². The number of allylic oxidation sites excluding steroid dienone is 1. The maximum atomic E-state index is 6.01. The van der Waals surface area contributed by atoms with Gasteiger partial charge in [0.05, 0.1) is 13.2 Å². The lowest BCUT2D eigenvalue weighted by Crippen LogP contribution is -2.31. The average molecular weight is 373 g/mol. The molecule has 0 fully saturated rings. The van der Waals surface area contributed by atoms with Crippen LogP contribution in [0.2, 0.25) is 0 Å². The van der Waals surface area contributed by atoms with Crippen LogP contribution >= 0.6 is 11.3 Å². The summed E-state index contributed by atoms with van der Waals surface area (Å²) in [6.07, 6.45) is 4.53. The van der Waals surface area contributed by atoms with E-state index in [4.69, 9.17) is 14.2 Å². The molecule has 0 spiro atoms. The summed E-state index contributed by atoms with van der Waals surface area (Å²) < 4.78 is 17.1. The zero-order valence-corrected chi connectivity index (χ0v) is 15.8. The Hall–Kier alpha value is -2.51. The first-order valence-electron chi connectivity index (χ1n) is 8.43. The fourth-order valence-electron chi connectivity index (χ4n) is 2.50. The summed E-state index contributed by atoms with van der Waals surface area (Å²) in [7, 11) is 3.69. The summed E-state index contributed by atoms with van der Waals surface area (Å²) in [5.41, 5.74) is 0. The molecule has 0 radical (unpaired) electrons. The molecule has 0 unspecified atom stereocenters. The van der Waals surface area contributed by atoms with E-state index in [1.165, 1.54) is 0 Å². The summed E-state index contributed by atoms with van der Waals surface area (Å²) in [5.74, 6) is 3.24. The molecular weight excluding hydrogens is 350 g/mol. The minimum Gasteiger partial charge on any atom is -0.490 e. The summed E-state index contributed by atoms with van der Waals surface area (Å²) >= 11 is 1.55. The molecule has 0 aliphatic carbocycles. The van der Waals surface area contributed by atoms with E-state index in [0.29, 0.717) is 19.8 Å². The summed E-state index contributed by atoms with van der Waals surface area (Å²) in [6, 6.07) is 9.75. The van der Waals surface area contributed by atoms with Crippen LogP contribution in [0.1, 0.15) is 6.42 Å². The number of nitrogens with one attached hydrogen (secondary N) is 1. The van der Waals surface area contributed by atoms with Crippen molar-refractivity contribution >= 4 is 16.5 Å². The maximum absolute atomic E-state index is 6.01. The van der Waals surface area contributed by atoms with Crippen LogP contribution in [0.15, 0.2) is 65.3 Å². The number of thiazole rings is 1. The predicted octanol–water partition coefficient (Wildman–Crippen LogP) is 3.69. The van der Waals surface area contributed by atoms with Crippen LogP contribution in [0.4, 0.5) is 5.13 Å². The first-order valence-corrected chi connectivity index (χ1v) is 9.31. The molecular formula is C19H23N3O3S. The lowest BCUT2D eigenvalue weighted by atomic mass is 10.2. The van der Waals surface area contributed by atoms with E-state index >= 15 is 0 Å². The van der Waals surface area contributed by atoms with Crippen molar-refractivity contribution in [1.82, 2.24) is 9.88 Å². The predicted molar refractivity (Wildman–Crippen MR) is 103 cm³/mol. The van der Waals surface area contributed by atoms with Crippen LogP contribution in [0, 0.1) is 0 Å². The monoisotopic (exact) mass is 373 g/mol. The highest BCUT2D eigenvalue weighted by Gasteiger charge is 2.21. The minimum absolute atomic E-state index is 0.565. The van der Waals surface area contributed by atoms with E-state index in [1.807, 2.05) is 48.8 Å². The van der Waals surface area contributed by atoms with Crippen LogP contribution in [-0.4, -0.2) is 43.8 Å². The highest BCUT2D eigenvalue weighted by molar-refractivity contribution is 7.13. The van der Waals surface area contributed by atoms with Crippen LogP contribution in [0.25, 0.3) is 0 Å². The van der Waals surface area contributed by atoms with Gasteiger partial charge in [-0.3, -0.25) is 0 Å². The van der Waals surface area contributed by atoms with Crippen molar-refractivity contribution in [2.24, 2.45) is 0 Å². The smallest absolute Gasteiger partial charge is 0.188 e. The van der Waals surface area contributed by atoms with Gasteiger partial charge in [0, 0.05) is 44.8 Å². The summed E-state index contributed by atoms with van der Waals surface area (Å²) in [4.78, 5) is 6.36. The quantitative estimate of drug-likeness (QED) is 0.677.